The van der Waals surface area contributed by atoms with Crippen molar-refractivity contribution in [3.63, 3.8) is 0 Å². The maximum Gasteiger partial charge on any atom is 0.349 e. The van der Waals surface area contributed by atoms with E-state index in [2.05, 4.69) is 0 Å². The minimum Gasteiger partial charge on any atom is -0.202 e. The Morgan fingerprint density at radius 2 is 1.40 bits per heavy atom. The summed E-state index contributed by atoms with van der Waals surface area (Å²) >= 11 is 20.5. The molecule has 0 heterocycles. The molecule has 0 aliphatic heterocycles. The molecule has 0 saturated carbocycles. The van der Waals surface area contributed by atoms with Crippen molar-refractivity contribution in [2.45, 2.75) is 9.97 Å². The maximum absolute atomic E-state index is 13.1. The van der Waals surface area contributed by atoms with Crippen LogP contribution in [0.15, 0.2) is 18.2 Å². The van der Waals surface area contributed by atoms with Gasteiger partial charge in [-0.2, -0.15) is 8.78 Å². The molecule has 0 aliphatic rings. The van der Waals surface area contributed by atoms with Gasteiger partial charge in [-0.05, 0) is 11.6 Å². The maximum atomic E-state index is 13.1. The molecule has 0 fully saturated rings. The largest absolute Gasteiger partial charge is 0.349 e. The molecule has 15 heavy (non-hydrogen) atoms. The summed E-state index contributed by atoms with van der Waals surface area (Å²) in [6, 6.07) is 3.18. The highest BCUT2D eigenvalue weighted by Crippen LogP contribution is 2.45. The minimum atomic E-state index is -3.70. The van der Waals surface area contributed by atoms with Crippen LogP contribution in [0.5, 0.6) is 0 Å². The highest BCUT2D eigenvalue weighted by molar-refractivity contribution is 6.48. The molecule has 0 N–H and O–H groups in total. The summed E-state index contributed by atoms with van der Waals surface area (Å²) in [6.07, 6.45) is 0. The van der Waals surface area contributed by atoms with Gasteiger partial charge < -0.3 is 0 Å². The van der Waals surface area contributed by atoms with Crippen LogP contribution in [0.3, 0.4) is 0 Å². The molecule has 84 valence electrons. The Morgan fingerprint density at radius 1 is 0.933 bits per heavy atom. The SMILES string of the molecule is FC(F)(Cl)c1cccc(C(F)(Cl)Cl)c1Cl. The molecule has 0 amide bonds. The van der Waals surface area contributed by atoms with Gasteiger partial charge >= 0.3 is 5.38 Å². The second-order valence-corrected chi connectivity index (χ2v) is 4.75. The van der Waals surface area contributed by atoms with Gasteiger partial charge in [-0.1, -0.05) is 53.0 Å². The van der Waals surface area contributed by atoms with E-state index in [1.54, 1.807) is 0 Å². The van der Waals surface area contributed by atoms with Crippen molar-refractivity contribution in [3.8, 4) is 0 Å². The van der Waals surface area contributed by atoms with Crippen molar-refractivity contribution < 1.29 is 13.2 Å². The summed E-state index contributed by atoms with van der Waals surface area (Å²) < 4.78 is 35.8. The molecule has 0 atom stereocenters. The lowest BCUT2D eigenvalue weighted by molar-refractivity contribution is 0.0951. The highest BCUT2D eigenvalue weighted by atomic mass is 35.5. The molecule has 0 saturated heterocycles. The van der Waals surface area contributed by atoms with Crippen molar-refractivity contribution in [1.82, 2.24) is 0 Å². The second kappa shape index (κ2) is 4.21. The van der Waals surface area contributed by atoms with Crippen molar-refractivity contribution in [2.24, 2.45) is 0 Å². The van der Waals surface area contributed by atoms with Crippen LogP contribution < -0.4 is 0 Å². The van der Waals surface area contributed by atoms with Crippen LogP contribution in [0, 0.1) is 0 Å². The topological polar surface area (TPSA) is 0 Å². The van der Waals surface area contributed by atoms with Crippen molar-refractivity contribution >= 4 is 46.4 Å². The molecule has 0 aromatic heterocycles. The Bertz CT molecular complexity index is 335. The lowest BCUT2D eigenvalue weighted by atomic mass is 10.1. The Labute approximate surface area is 104 Å². The van der Waals surface area contributed by atoms with Crippen LogP contribution in [0.4, 0.5) is 13.2 Å². The summed E-state index contributed by atoms with van der Waals surface area (Å²) in [7, 11) is 0. The van der Waals surface area contributed by atoms with Gasteiger partial charge in [0, 0.05) is 5.56 Å². The first-order chi connectivity index (χ1) is 6.64. The van der Waals surface area contributed by atoms with Crippen LogP contribution >= 0.6 is 46.4 Å². The summed E-state index contributed by atoms with van der Waals surface area (Å²) in [5.41, 5.74) is -1.21. The fraction of sp³-hybridized carbons (Fsp3) is 0.250. The molecule has 0 aliphatic carbocycles. The van der Waals surface area contributed by atoms with Crippen LogP contribution in [0.1, 0.15) is 11.1 Å². The first-order valence-corrected chi connectivity index (χ1v) is 5.08. The van der Waals surface area contributed by atoms with Gasteiger partial charge in [0.15, 0.2) is 0 Å². The van der Waals surface area contributed by atoms with E-state index in [0.29, 0.717) is 0 Å². The highest BCUT2D eigenvalue weighted by Gasteiger charge is 2.36. The lowest BCUT2D eigenvalue weighted by Gasteiger charge is -2.16. The Kier molecular flexibility index (Phi) is 3.71. The van der Waals surface area contributed by atoms with Crippen LogP contribution in [0.2, 0.25) is 5.02 Å². The van der Waals surface area contributed by atoms with Crippen molar-refractivity contribution in [3.05, 3.63) is 34.3 Å². The third kappa shape index (κ3) is 3.06. The molecule has 1 aromatic carbocycles. The molecule has 1 rings (SSSR count). The molecular formula is C8H3Cl4F3. The minimum absolute atomic E-state index is 0.467. The van der Waals surface area contributed by atoms with E-state index in [1.807, 2.05) is 0 Å². The first kappa shape index (κ1) is 13.2. The lowest BCUT2D eigenvalue weighted by Crippen LogP contribution is -2.09. The number of hydrogen-bond acceptors (Lipinski definition) is 0. The van der Waals surface area contributed by atoms with E-state index in [0.717, 1.165) is 18.2 Å². The molecule has 1 aromatic rings. The van der Waals surface area contributed by atoms with E-state index in [9.17, 15) is 13.2 Å². The average Bonchev–Trinajstić information content (AvgIpc) is 1.99. The second-order valence-electron chi connectivity index (χ2n) is 2.66. The van der Waals surface area contributed by atoms with Gasteiger partial charge in [0.1, 0.15) is 0 Å². The van der Waals surface area contributed by atoms with E-state index in [4.69, 9.17) is 46.4 Å². The van der Waals surface area contributed by atoms with Crippen LogP contribution in [-0.2, 0) is 9.97 Å². The molecule has 7 heteroatoms. The number of hydrogen-bond donors (Lipinski definition) is 0. The molecular weight excluding hydrogens is 295 g/mol. The predicted molar refractivity (Wildman–Crippen MR) is 55.7 cm³/mol. The first-order valence-electron chi connectivity index (χ1n) is 3.57. The third-order valence-electron chi connectivity index (χ3n) is 1.61. The number of alkyl halides is 6. The number of rotatable bonds is 2. The fourth-order valence-electron chi connectivity index (χ4n) is 0.970. The van der Waals surface area contributed by atoms with Gasteiger partial charge in [-0.3, -0.25) is 0 Å². The standard InChI is InChI=1S/C8H3Cl4F3/c9-6-4(7(10,11)13)2-1-3-5(6)8(12,14)15/h1-3H. The molecule has 0 spiro atoms. The fourth-order valence-corrected chi connectivity index (χ4v) is 1.96. The molecule has 0 nitrogen and oxygen atoms in total. The monoisotopic (exact) mass is 296 g/mol. The molecule has 0 unspecified atom stereocenters. The normalized spacial score (nSPS) is 13.0. The van der Waals surface area contributed by atoms with E-state index in [1.165, 1.54) is 0 Å². The zero-order valence-electron chi connectivity index (χ0n) is 6.88. The van der Waals surface area contributed by atoms with Crippen LogP contribution in [0.25, 0.3) is 0 Å². The zero-order chi connectivity index (χ0) is 11.9. The van der Waals surface area contributed by atoms with E-state index in [-0.39, 0.29) is 0 Å². The molecule has 0 bridgehead atoms. The number of benzene rings is 1. The summed E-state index contributed by atoms with van der Waals surface area (Å²) in [6.45, 7) is 0. The van der Waals surface area contributed by atoms with Gasteiger partial charge in [0.25, 0.3) is 4.59 Å². The van der Waals surface area contributed by atoms with E-state index >= 15 is 0 Å². The van der Waals surface area contributed by atoms with E-state index < -0.39 is 26.1 Å². The van der Waals surface area contributed by atoms with Gasteiger partial charge in [0.2, 0.25) is 0 Å². The number of halogens is 7. The Balaban J connectivity index is 3.37. The smallest absolute Gasteiger partial charge is 0.202 e. The van der Waals surface area contributed by atoms with Gasteiger partial charge in [-0.15, -0.1) is 0 Å². The third-order valence-corrected chi connectivity index (χ3v) is 2.63. The Morgan fingerprint density at radius 3 is 1.80 bits per heavy atom. The van der Waals surface area contributed by atoms with Crippen LogP contribution in [-0.4, -0.2) is 0 Å². The van der Waals surface area contributed by atoms with Gasteiger partial charge in [-0.25, -0.2) is 4.39 Å². The average molecular weight is 298 g/mol. The van der Waals surface area contributed by atoms with Crippen molar-refractivity contribution in [1.29, 1.82) is 0 Å². The Hall–Kier alpha value is 0.170. The molecule has 0 radical (unpaired) electrons. The predicted octanol–water partition coefficient (Wildman–Crippen LogP) is 5.19. The summed E-state index contributed by atoms with van der Waals surface area (Å²) in [5, 5.41) is -4.29. The zero-order valence-corrected chi connectivity index (χ0v) is 9.90. The van der Waals surface area contributed by atoms with Crippen molar-refractivity contribution in [2.75, 3.05) is 0 Å². The van der Waals surface area contributed by atoms with Gasteiger partial charge in [0.05, 0.1) is 10.6 Å². The summed E-state index contributed by atoms with van der Waals surface area (Å²) in [5.74, 6) is 0. The summed E-state index contributed by atoms with van der Waals surface area (Å²) in [4.78, 5) is 0. The quantitative estimate of drug-likeness (QED) is 0.659.